The number of hydrogen-bond donors (Lipinski definition) is 1. The Morgan fingerprint density at radius 1 is 1.20 bits per heavy atom. The van der Waals surface area contributed by atoms with Gasteiger partial charge in [-0.25, -0.2) is 4.79 Å². The van der Waals surface area contributed by atoms with Gasteiger partial charge in [-0.05, 0) is 31.0 Å². The van der Waals surface area contributed by atoms with Crippen LogP contribution in [0.1, 0.15) is 31.6 Å². The van der Waals surface area contributed by atoms with Crippen molar-refractivity contribution in [2.75, 3.05) is 0 Å². The fourth-order valence-electron chi connectivity index (χ4n) is 4.45. The fourth-order valence-corrected chi connectivity index (χ4v) is 5.58. The molecule has 2 N–H and O–H groups in total. The Hall–Kier alpha value is -4.15. The average Bonchev–Trinajstić information content (AvgIpc) is 3.53. The minimum atomic E-state index is -4.96. The average molecular weight is 672 g/mol. The SMILES string of the molecule is CCC(C)[C@H](N)C(=O)OCn1c(-c2ccc(OC(F)(F)F)c(Cl)c2)csc1=NC(=O)Cc1c(C)oc2c1c(=O)n(C)c(=O)n2C. The predicted molar refractivity (Wildman–Crippen MR) is 159 cm³/mol. The van der Waals surface area contributed by atoms with E-state index in [2.05, 4.69) is 9.73 Å². The topological polar surface area (TPSA) is 153 Å². The Morgan fingerprint density at radius 2 is 1.89 bits per heavy atom. The molecule has 3 aromatic heterocycles. The molecule has 0 radical (unpaired) electrons. The van der Waals surface area contributed by atoms with Crippen LogP contribution in [0.15, 0.2) is 42.6 Å². The van der Waals surface area contributed by atoms with Crippen molar-refractivity contribution in [2.45, 2.75) is 52.7 Å². The number of benzene rings is 1. The van der Waals surface area contributed by atoms with Gasteiger partial charge in [-0.2, -0.15) is 4.99 Å². The molecule has 0 saturated carbocycles. The summed E-state index contributed by atoms with van der Waals surface area (Å²) >= 11 is 7.05. The molecule has 0 bridgehead atoms. The van der Waals surface area contributed by atoms with E-state index in [1.165, 1.54) is 30.8 Å². The number of carbonyl (C=O) groups excluding carboxylic acids is 2. The highest BCUT2D eigenvalue weighted by Gasteiger charge is 2.32. The maximum atomic E-state index is 13.3. The molecular formula is C28H29ClF3N5O7S. The smallest absolute Gasteiger partial charge is 0.444 e. The Labute approximate surface area is 262 Å². The van der Waals surface area contributed by atoms with Crippen LogP contribution in [-0.2, 0) is 41.6 Å². The van der Waals surface area contributed by atoms with E-state index in [0.717, 1.165) is 26.5 Å². The fraction of sp³-hybridized carbons (Fsp3) is 0.393. The summed E-state index contributed by atoms with van der Waals surface area (Å²) in [6.07, 6.45) is -4.71. The molecule has 4 aromatic rings. The number of thiazole rings is 1. The summed E-state index contributed by atoms with van der Waals surface area (Å²) < 4.78 is 56.7. The summed E-state index contributed by atoms with van der Waals surface area (Å²) in [7, 11) is 2.74. The molecule has 17 heteroatoms. The molecule has 12 nitrogen and oxygen atoms in total. The maximum Gasteiger partial charge on any atom is 0.573 e. The first-order valence-electron chi connectivity index (χ1n) is 13.5. The lowest BCUT2D eigenvalue weighted by Crippen LogP contribution is -2.38. The van der Waals surface area contributed by atoms with Gasteiger partial charge in [0.25, 0.3) is 11.5 Å². The van der Waals surface area contributed by atoms with Crippen LogP contribution in [0.5, 0.6) is 5.75 Å². The number of aromatic nitrogens is 3. The summed E-state index contributed by atoms with van der Waals surface area (Å²) in [5, 5.41) is 1.27. The number of furan rings is 1. The van der Waals surface area contributed by atoms with Gasteiger partial charge in [-0.3, -0.25) is 28.1 Å². The van der Waals surface area contributed by atoms with Gasteiger partial charge >= 0.3 is 18.0 Å². The van der Waals surface area contributed by atoms with Crippen LogP contribution >= 0.6 is 22.9 Å². The van der Waals surface area contributed by atoms with E-state index < -0.39 is 48.0 Å². The lowest BCUT2D eigenvalue weighted by molar-refractivity contribution is -0.274. The third kappa shape index (κ3) is 7.07. The first-order chi connectivity index (χ1) is 21.0. The second-order valence-corrected chi connectivity index (χ2v) is 11.5. The molecule has 1 unspecified atom stereocenters. The molecule has 1 aromatic carbocycles. The first kappa shape index (κ1) is 33.7. The van der Waals surface area contributed by atoms with Crippen molar-refractivity contribution in [1.29, 1.82) is 0 Å². The number of carbonyl (C=O) groups is 2. The van der Waals surface area contributed by atoms with Crippen molar-refractivity contribution >= 4 is 45.9 Å². The molecule has 242 valence electrons. The number of rotatable bonds is 9. The molecule has 0 spiro atoms. The molecule has 2 atom stereocenters. The van der Waals surface area contributed by atoms with E-state index in [9.17, 15) is 32.3 Å². The molecule has 1 amide bonds. The number of aryl methyl sites for hydroxylation is 2. The molecule has 0 saturated heterocycles. The normalized spacial score (nSPS) is 13.7. The van der Waals surface area contributed by atoms with Crippen molar-refractivity contribution < 1.29 is 36.7 Å². The Bertz CT molecular complexity index is 1970. The minimum Gasteiger partial charge on any atom is -0.444 e. The van der Waals surface area contributed by atoms with Crippen molar-refractivity contribution in [3.8, 4) is 17.0 Å². The van der Waals surface area contributed by atoms with Gasteiger partial charge in [0, 0.05) is 30.6 Å². The predicted octanol–water partition coefficient (Wildman–Crippen LogP) is 3.76. The largest absolute Gasteiger partial charge is 0.573 e. The van der Waals surface area contributed by atoms with Gasteiger partial charge in [0.15, 0.2) is 11.5 Å². The molecule has 0 aliphatic carbocycles. The Balaban J connectivity index is 1.76. The van der Waals surface area contributed by atoms with Crippen molar-refractivity contribution in [1.82, 2.24) is 13.7 Å². The molecule has 4 rings (SSSR count). The zero-order chi connectivity index (χ0) is 33.4. The van der Waals surface area contributed by atoms with Crippen LogP contribution in [0.2, 0.25) is 5.02 Å². The zero-order valence-corrected chi connectivity index (χ0v) is 26.3. The van der Waals surface area contributed by atoms with Gasteiger partial charge in [-0.15, -0.1) is 24.5 Å². The molecule has 0 aliphatic heterocycles. The zero-order valence-electron chi connectivity index (χ0n) is 24.7. The lowest BCUT2D eigenvalue weighted by Gasteiger charge is -2.18. The number of ether oxygens (including phenoxy) is 2. The second-order valence-electron chi connectivity index (χ2n) is 10.2. The summed E-state index contributed by atoms with van der Waals surface area (Å²) in [5.41, 5.74) is 5.64. The van der Waals surface area contributed by atoms with Crippen LogP contribution in [0.25, 0.3) is 22.4 Å². The molecule has 0 fully saturated rings. The van der Waals surface area contributed by atoms with E-state index >= 15 is 0 Å². The van der Waals surface area contributed by atoms with Crippen molar-refractivity contribution in [3.05, 3.63) is 65.6 Å². The van der Waals surface area contributed by atoms with Gasteiger partial charge < -0.3 is 19.6 Å². The number of hydrogen-bond acceptors (Lipinski definition) is 9. The van der Waals surface area contributed by atoms with Crippen LogP contribution in [0, 0.1) is 12.8 Å². The number of amides is 1. The number of nitrogens with two attached hydrogens (primary N) is 1. The first-order valence-corrected chi connectivity index (χ1v) is 14.7. The van der Waals surface area contributed by atoms with Gasteiger partial charge in [-0.1, -0.05) is 31.9 Å². The van der Waals surface area contributed by atoms with Gasteiger partial charge in [0.2, 0.25) is 5.71 Å². The van der Waals surface area contributed by atoms with E-state index in [-0.39, 0.29) is 44.6 Å². The van der Waals surface area contributed by atoms with Crippen LogP contribution in [-0.4, -0.2) is 38.0 Å². The van der Waals surface area contributed by atoms with E-state index in [0.29, 0.717) is 17.7 Å². The van der Waals surface area contributed by atoms with E-state index in [4.69, 9.17) is 26.5 Å². The van der Waals surface area contributed by atoms with Crippen LogP contribution in [0.3, 0.4) is 0 Å². The summed E-state index contributed by atoms with van der Waals surface area (Å²) in [4.78, 5) is 55.4. The standard InChI is InChI=1S/C28H29ClF3N5O7S/c1-6-13(2)22(33)25(40)42-12-37-18(15-7-8-19(17(29)9-15)44-28(30,31)32)11-45-26(37)34-20(38)10-16-14(3)43-24-21(16)23(39)35(4)27(41)36(24)5/h7-9,11,13,22H,6,10,12,33H2,1-5H3/t13?,22-/m0/s1. The highest BCUT2D eigenvalue weighted by atomic mass is 35.5. The number of esters is 1. The maximum absolute atomic E-state index is 13.3. The van der Waals surface area contributed by atoms with Crippen LogP contribution in [0.4, 0.5) is 13.2 Å². The van der Waals surface area contributed by atoms with Gasteiger partial charge in [0.05, 0.1) is 17.1 Å². The van der Waals surface area contributed by atoms with Gasteiger partial charge in [0.1, 0.15) is 22.9 Å². The highest BCUT2D eigenvalue weighted by molar-refractivity contribution is 7.07. The second kappa shape index (κ2) is 13.1. The number of halogens is 4. The lowest BCUT2D eigenvalue weighted by atomic mass is 10.0. The molecular weight excluding hydrogens is 643 g/mol. The number of alkyl halides is 3. The third-order valence-corrected chi connectivity index (χ3v) is 8.41. The van der Waals surface area contributed by atoms with Crippen molar-refractivity contribution in [2.24, 2.45) is 30.7 Å². The van der Waals surface area contributed by atoms with E-state index in [1.807, 2.05) is 6.92 Å². The number of fused-ring (bicyclic) bond motifs is 1. The quantitative estimate of drug-likeness (QED) is 0.264. The summed E-state index contributed by atoms with van der Waals surface area (Å²) in [6, 6.07) is 2.63. The highest BCUT2D eigenvalue weighted by Crippen LogP contribution is 2.34. The monoisotopic (exact) mass is 671 g/mol. The summed E-state index contributed by atoms with van der Waals surface area (Å²) in [6.45, 7) is 4.75. The third-order valence-electron chi connectivity index (χ3n) is 7.25. The summed E-state index contributed by atoms with van der Waals surface area (Å²) in [5.74, 6) is -1.97. The molecule has 3 heterocycles. The van der Waals surface area contributed by atoms with E-state index in [1.54, 1.807) is 19.2 Å². The Kier molecular flexibility index (Phi) is 9.80. The van der Waals surface area contributed by atoms with Crippen LogP contribution < -0.4 is 26.5 Å². The molecule has 45 heavy (non-hydrogen) atoms. The molecule has 0 aliphatic rings. The Morgan fingerprint density at radius 3 is 2.51 bits per heavy atom. The van der Waals surface area contributed by atoms with Crippen molar-refractivity contribution in [3.63, 3.8) is 0 Å². The minimum absolute atomic E-state index is 0.0104. The number of nitrogens with zero attached hydrogens (tertiary/aromatic N) is 4.